The van der Waals surface area contributed by atoms with Crippen LogP contribution in [0.3, 0.4) is 0 Å². The van der Waals surface area contributed by atoms with Crippen LogP contribution in [0.15, 0.2) is 24.3 Å². The van der Waals surface area contributed by atoms with Gasteiger partial charge in [-0.1, -0.05) is 6.07 Å². The van der Waals surface area contributed by atoms with Crippen molar-refractivity contribution in [1.82, 2.24) is 4.90 Å². The SMILES string of the molecule is O=C(O)c1cccc(C(=O)N2CCCSCC2)c1. The summed E-state index contributed by atoms with van der Waals surface area (Å²) in [5, 5.41) is 8.92. The molecule has 0 aromatic heterocycles. The number of thioether (sulfide) groups is 1. The summed E-state index contributed by atoms with van der Waals surface area (Å²) in [5.74, 6) is 0.959. The fraction of sp³-hybridized carbons (Fsp3) is 0.385. The van der Waals surface area contributed by atoms with Crippen molar-refractivity contribution in [3.05, 3.63) is 35.4 Å². The van der Waals surface area contributed by atoms with Gasteiger partial charge >= 0.3 is 5.97 Å². The first kappa shape index (κ1) is 13.0. The largest absolute Gasteiger partial charge is 0.478 e. The van der Waals surface area contributed by atoms with Crippen molar-refractivity contribution in [1.29, 1.82) is 0 Å². The van der Waals surface area contributed by atoms with Gasteiger partial charge in [-0.05, 0) is 30.4 Å². The number of amides is 1. The maximum absolute atomic E-state index is 12.3. The molecular formula is C13H15NO3S. The monoisotopic (exact) mass is 265 g/mol. The molecule has 1 aromatic carbocycles. The number of carboxylic acids is 1. The van der Waals surface area contributed by atoms with Crippen molar-refractivity contribution < 1.29 is 14.7 Å². The summed E-state index contributed by atoms with van der Waals surface area (Å²) in [6.07, 6.45) is 0.995. The summed E-state index contributed by atoms with van der Waals surface area (Å²) in [7, 11) is 0. The minimum absolute atomic E-state index is 0.0689. The molecule has 18 heavy (non-hydrogen) atoms. The lowest BCUT2D eigenvalue weighted by Gasteiger charge is -2.20. The Morgan fingerprint density at radius 1 is 1.17 bits per heavy atom. The average molecular weight is 265 g/mol. The minimum atomic E-state index is -1.00. The first-order valence-corrected chi connectivity index (χ1v) is 7.04. The molecule has 96 valence electrons. The fourth-order valence-corrected chi connectivity index (χ4v) is 2.80. The number of benzene rings is 1. The molecule has 0 spiro atoms. The number of carbonyl (C=O) groups excluding carboxylic acids is 1. The molecule has 1 heterocycles. The van der Waals surface area contributed by atoms with Crippen LogP contribution in [0.25, 0.3) is 0 Å². The number of rotatable bonds is 2. The van der Waals surface area contributed by atoms with E-state index in [0.717, 1.165) is 31.0 Å². The molecule has 1 saturated heterocycles. The van der Waals surface area contributed by atoms with Crippen LogP contribution in [0.2, 0.25) is 0 Å². The molecule has 2 rings (SSSR count). The maximum atomic E-state index is 12.3. The Labute approximate surface area is 110 Å². The van der Waals surface area contributed by atoms with E-state index in [1.165, 1.54) is 12.1 Å². The first-order chi connectivity index (χ1) is 8.68. The normalized spacial score (nSPS) is 16.1. The van der Waals surface area contributed by atoms with Crippen molar-refractivity contribution in [2.24, 2.45) is 0 Å². The topological polar surface area (TPSA) is 57.6 Å². The van der Waals surface area contributed by atoms with Gasteiger partial charge in [0.15, 0.2) is 0 Å². The summed E-state index contributed by atoms with van der Waals surface area (Å²) in [5.41, 5.74) is 0.617. The number of nitrogens with zero attached hydrogens (tertiary/aromatic N) is 1. The molecule has 0 radical (unpaired) electrons. The van der Waals surface area contributed by atoms with Crippen LogP contribution in [-0.2, 0) is 0 Å². The van der Waals surface area contributed by atoms with E-state index in [2.05, 4.69) is 0 Å². The van der Waals surface area contributed by atoms with Crippen LogP contribution in [0.4, 0.5) is 0 Å². The van der Waals surface area contributed by atoms with E-state index in [1.807, 2.05) is 11.8 Å². The second-order valence-electron chi connectivity index (χ2n) is 4.14. The molecular weight excluding hydrogens is 250 g/mol. The Kier molecular flexibility index (Phi) is 4.25. The van der Waals surface area contributed by atoms with Crippen LogP contribution in [0.5, 0.6) is 0 Å². The Morgan fingerprint density at radius 2 is 1.94 bits per heavy atom. The predicted octanol–water partition coefficient (Wildman–Crippen LogP) is 1.96. The Morgan fingerprint density at radius 3 is 2.72 bits per heavy atom. The highest BCUT2D eigenvalue weighted by atomic mass is 32.2. The molecule has 1 aliphatic rings. The summed E-state index contributed by atoms with van der Waals surface area (Å²) in [4.78, 5) is 24.9. The third kappa shape index (κ3) is 3.04. The zero-order valence-corrected chi connectivity index (χ0v) is 10.8. The van der Waals surface area contributed by atoms with E-state index in [4.69, 9.17) is 5.11 Å². The molecule has 1 aliphatic heterocycles. The van der Waals surface area contributed by atoms with E-state index >= 15 is 0 Å². The van der Waals surface area contributed by atoms with Crippen LogP contribution in [0.1, 0.15) is 27.1 Å². The molecule has 1 aromatic rings. The van der Waals surface area contributed by atoms with E-state index in [-0.39, 0.29) is 11.5 Å². The van der Waals surface area contributed by atoms with Crippen molar-refractivity contribution in [2.75, 3.05) is 24.6 Å². The van der Waals surface area contributed by atoms with Crippen LogP contribution >= 0.6 is 11.8 Å². The lowest BCUT2D eigenvalue weighted by Crippen LogP contribution is -2.33. The Hall–Kier alpha value is -1.49. The molecule has 1 amide bonds. The van der Waals surface area contributed by atoms with Gasteiger partial charge in [0.1, 0.15) is 0 Å². The van der Waals surface area contributed by atoms with Crippen LogP contribution in [0, 0.1) is 0 Å². The molecule has 4 nitrogen and oxygen atoms in total. The number of carbonyl (C=O) groups is 2. The summed E-state index contributed by atoms with van der Waals surface area (Å²) in [6.45, 7) is 1.49. The molecule has 0 bridgehead atoms. The number of hydrogen-bond donors (Lipinski definition) is 1. The van der Waals surface area contributed by atoms with E-state index in [0.29, 0.717) is 5.56 Å². The van der Waals surface area contributed by atoms with Gasteiger partial charge in [0.2, 0.25) is 0 Å². The van der Waals surface area contributed by atoms with Crippen molar-refractivity contribution in [2.45, 2.75) is 6.42 Å². The highest BCUT2D eigenvalue weighted by Gasteiger charge is 2.18. The summed E-state index contributed by atoms with van der Waals surface area (Å²) in [6, 6.07) is 6.23. The first-order valence-electron chi connectivity index (χ1n) is 5.89. The lowest BCUT2D eigenvalue weighted by molar-refractivity contribution is 0.0697. The molecule has 5 heteroatoms. The number of aromatic carboxylic acids is 1. The zero-order chi connectivity index (χ0) is 13.0. The minimum Gasteiger partial charge on any atom is -0.478 e. The van der Waals surface area contributed by atoms with Crippen LogP contribution in [-0.4, -0.2) is 46.5 Å². The van der Waals surface area contributed by atoms with Gasteiger partial charge < -0.3 is 10.0 Å². The fourth-order valence-electron chi connectivity index (χ4n) is 1.92. The third-order valence-corrected chi connectivity index (χ3v) is 3.91. The van der Waals surface area contributed by atoms with E-state index in [1.54, 1.807) is 17.0 Å². The van der Waals surface area contributed by atoms with Gasteiger partial charge in [-0.2, -0.15) is 11.8 Å². The van der Waals surface area contributed by atoms with Gasteiger partial charge in [0.25, 0.3) is 5.91 Å². The maximum Gasteiger partial charge on any atom is 0.335 e. The van der Waals surface area contributed by atoms with Crippen LogP contribution < -0.4 is 0 Å². The van der Waals surface area contributed by atoms with Crippen molar-refractivity contribution in [3.63, 3.8) is 0 Å². The van der Waals surface area contributed by atoms with E-state index < -0.39 is 5.97 Å². The molecule has 0 atom stereocenters. The second-order valence-corrected chi connectivity index (χ2v) is 5.37. The van der Waals surface area contributed by atoms with Gasteiger partial charge in [0.05, 0.1) is 5.56 Å². The smallest absolute Gasteiger partial charge is 0.335 e. The van der Waals surface area contributed by atoms with Crippen molar-refractivity contribution >= 4 is 23.6 Å². The summed E-state index contributed by atoms with van der Waals surface area (Å²) < 4.78 is 0. The average Bonchev–Trinajstić information content (AvgIpc) is 2.67. The molecule has 0 aliphatic carbocycles. The molecule has 1 N–H and O–H groups in total. The number of carboxylic acid groups (broad SMARTS) is 1. The van der Waals surface area contributed by atoms with Gasteiger partial charge in [-0.25, -0.2) is 4.79 Å². The Balaban J connectivity index is 2.16. The van der Waals surface area contributed by atoms with Gasteiger partial charge in [-0.15, -0.1) is 0 Å². The zero-order valence-electron chi connectivity index (χ0n) is 9.96. The molecule has 0 saturated carbocycles. The molecule has 1 fully saturated rings. The lowest BCUT2D eigenvalue weighted by atomic mass is 10.1. The third-order valence-electron chi connectivity index (χ3n) is 2.87. The number of hydrogen-bond acceptors (Lipinski definition) is 3. The van der Waals surface area contributed by atoms with Gasteiger partial charge in [-0.3, -0.25) is 4.79 Å². The Bertz CT molecular complexity index is 453. The molecule has 0 unspecified atom stereocenters. The van der Waals surface area contributed by atoms with Crippen molar-refractivity contribution in [3.8, 4) is 0 Å². The standard InChI is InChI=1S/C13H15NO3S/c15-12(14-5-2-7-18-8-6-14)10-3-1-4-11(9-10)13(16)17/h1,3-4,9H,2,5-8H2,(H,16,17). The predicted molar refractivity (Wildman–Crippen MR) is 71.2 cm³/mol. The summed E-state index contributed by atoms with van der Waals surface area (Å²) >= 11 is 1.85. The highest BCUT2D eigenvalue weighted by Crippen LogP contribution is 2.14. The van der Waals surface area contributed by atoms with Gasteiger partial charge in [0, 0.05) is 24.4 Å². The quantitative estimate of drug-likeness (QED) is 0.888. The van der Waals surface area contributed by atoms with E-state index in [9.17, 15) is 9.59 Å². The highest BCUT2D eigenvalue weighted by molar-refractivity contribution is 7.99. The second kappa shape index (κ2) is 5.91.